The second kappa shape index (κ2) is 4.62. The van der Waals surface area contributed by atoms with E-state index in [0.717, 1.165) is 19.4 Å². The van der Waals surface area contributed by atoms with E-state index in [2.05, 4.69) is 10.3 Å². The Morgan fingerprint density at radius 1 is 1.50 bits per heavy atom. The van der Waals surface area contributed by atoms with Crippen LogP contribution in [0.15, 0.2) is 12.1 Å². The predicted molar refractivity (Wildman–Crippen MR) is 72.2 cm³/mol. The van der Waals surface area contributed by atoms with Gasteiger partial charge >= 0.3 is 5.69 Å². The fourth-order valence-electron chi connectivity index (χ4n) is 3.01. The summed E-state index contributed by atoms with van der Waals surface area (Å²) >= 11 is 0. The molecule has 0 saturated carbocycles. The second-order valence-electron chi connectivity index (χ2n) is 5.09. The molecule has 3 rings (SSSR count). The van der Waals surface area contributed by atoms with Crippen molar-refractivity contribution in [3.8, 4) is 0 Å². The number of nitrogens with two attached hydrogens (primary N) is 1. The van der Waals surface area contributed by atoms with Gasteiger partial charge in [0.2, 0.25) is 11.7 Å². The highest BCUT2D eigenvalue weighted by atomic mass is 16.6. The molecule has 8 heteroatoms. The van der Waals surface area contributed by atoms with Gasteiger partial charge in [0.15, 0.2) is 0 Å². The number of rotatable bonds is 2. The first-order valence-electron chi connectivity index (χ1n) is 6.53. The van der Waals surface area contributed by atoms with Crippen LogP contribution in [-0.4, -0.2) is 34.9 Å². The minimum atomic E-state index is -0.550. The van der Waals surface area contributed by atoms with E-state index in [-0.39, 0.29) is 29.4 Å². The third kappa shape index (κ3) is 1.93. The molecular weight excluding hydrogens is 262 g/mol. The molecule has 106 valence electrons. The van der Waals surface area contributed by atoms with Gasteiger partial charge in [-0.25, -0.2) is 4.98 Å². The first-order valence-corrected chi connectivity index (χ1v) is 6.53. The Labute approximate surface area is 115 Å². The third-order valence-electron chi connectivity index (χ3n) is 3.98. The lowest BCUT2D eigenvalue weighted by molar-refractivity contribution is -0.384. The van der Waals surface area contributed by atoms with Crippen LogP contribution in [0.3, 0.4) is 0 Å². The molecule has 0 aliphatic carbocycles. The van der Waals surface area contributed by atoms with Crippen LogP contribution in [0.25, 0.3) is 0 Å². The van der Waals surface area contributed by atoms with E-state index in [4.69, 9.17) is 5.73 Å². The summed E-state index contributed by atoms with van der Waals surface area (Å²) in [6, 6.07) is 3.02. The monoisotopic (exact) mass is 277 g/mol. The molecule has 2 saturated heterocycles. The maximum Gasteiger partial charge on any atom is 0.311 e. The summed E-state index contributed by atoms with van der Waals surface area (Å²) in [4.78, 5) is 28.1. The molecule has 20 heavy (non-hydrogen) atoms. The number of carbonyl (C=O) groups excluding carboxylic acids is 1. The summed E-state index contributed by atoms with van der Waals surface area (Å²) in [5.41, 5.74) is 5.44. The number of nitrogens with zero attached hydrogens (tertiary/aromatic N) is 3. The van der Waals surface area contributed by atoms with Gasteiger partial charge < -0.3 is 16.0 Å². The molecule has 2 aliphatic rings. The molecule has 0 aromatic carbocycles. The van der Waals surface area contributed by atoms with E-state index in [1.54, 1.807) is 6.07 Å². The Balaban J connectivity index is 1.90. The van der Waals surface area contributed by atoms with Crippen molar-refractivity contribution in [3.63, 3.8) is 0 Å². The molecule has 3 heterocycles. The number of carbonyl (C=O) groups is 1. The molecule has 3 N–H and O–H groups in total. The number of nitrogens with one attached hydrogen (secondary N) is 1. The number of nitrogen functional groups attached to an aromatic ring is 1. The number of aromatic nitrogens is 1. The molecule has 2 atom stereocenters. The van der Waals surface area contributed by atoms with Gasteiger partial charge in [0, 0.05) is 19.2 Å². The zero-order chi connectivity index (χ0) is 14.3. The van der Waals surface area contributed by atoms with Crippen LogP contribution in [0, 0.1) is 16.0 Å². The van der Waals surface area contributed by atoms with Crippen molar-refractivity contribution in [2.75, 3.05) is 23.7 Å². The normalized spacial score (nSPS) is 25.2. The maximum absolute atomic E-state index is 11.7. The fourth-order valence-corrected chi connectivity index (χ4v) is 3.01. The van der Waals surface area contributed by atoms with E-state index >= 15 is 0 Å². The molecule has 2 aliphatic heterocycles. The van der Waals surface area contributed by atoms with E-state index < -0.39 is 4.92 Å². The minimum Gasteiger partial charge on any atom is -0.378 e. The van der Waals surface area contributed by atoms with Crippen LogP contribution in [0.4, 0.5) is 17.3 Å². The van der Waals surface area contributed by atoms with Crippen LogP contribution in [0.1, 0.15) is 12.8 Å². The van der Waals surface area contributed by atoms with Crippen molar-refractivity contribution in [1.29, 1.82) is 0 Å². The zero-order valence-corrected chi connectivity index (χ0v) is 10.8. The standard InChI is InChI=1S/C12H15N5O3/c13-11-8(17(19)20)3-4-10(15-11)16-5-1-2-7-9(16)6-14-12(7)18/h3-4,7,9H,1-2,5-6H2,(H2,13,15)(H,14,18). The lowest BCUT2D eigenvalue weighted by Gasteiger charge is -2.36. The highest BCUT2D eigenvalue weighted by Gasteiger charge is 2.41. The number of pyridine rings is 1. The number of fused-ring (bicyclic) bond motifs is 1. The molecule has 0 radical (unpaired) electrons. The second-order valence-corrected chi connectivity index (χ2v) is 5.09. The quantitative estimate of drug-likeness (QED) is 0.593. The van der Waals surface area contributed by atoms with Gasteiger partial charge in [-0.15, -0.1) is 0 Å². The van der Waals surface area contributed by atoms with Gasteiger partial charge in [0.1, 0.15) is 5.82 Å². The van der Waals surface area contributed by atoms with Crippen molar-refractivity contribution in [1.82, 2.24) is 10.3 Å². The zero-order valence-electron chi connectivity index (χ0n) is 10.8. The summed E-state index contributed by atoms with van der Waals surface area (Å²) in [5.74, 6) is 0.558. The van der Waals surface area contributed by atoms with Crippen molar-refractivity contribution < 1.29 is 9.72 Å². The van der Waals surface area contributed by atoms with Crippen LogP contribution in [0.5, 0.6) is 0 Å². The van der Waals surface area contributed by atoms with E-state index in [1.807, 2.05) is 4.90 Å². The summed E-state index contributed by atoms with van der Waals surface area (Å²) in [5, 5.41) is 13.6. The van der Waals surface area contributed by atoms with Crippen LogP contribution in [-0.2, 0) is 4.79 Å². The van der Waals surface area contributed by atoms with Crippen molar-refractivity contribution >= 4 is 23.2 Å². The van der Waals surface area contributed by atoms with Gasteiger partial charge in [0.25, 0.3) is 0 Å². The average molecular weight is 277 g/mol. The number of amides is 1. The Morgan fingerprint density at radius 3 is 3.00 bits per heavy atom. The molecule has 2 fully saturated rings. The van der Waals surface area contributed by atoms with Crippen molar-refractivity contribution in [2.45, 2.75) is 18.9 Å². The number of nitro groups is 1. The molecule has 2 unspecified atom stereocenters. The van der Waals surface area contributed by atoms with E-state index in [0.29, 0.717) is 12.4 Å². The molecule has 8 nitrogen and oxygen atoms in total. The van der Waals surface area contributed by atoms with Gasteiger partial charge in [-0.3, -0.25) is 14.9 Å². The number of piperidine rings is 1. The summed E-state index contributed by atoms with van der Waals surface area (Å²) < 4.78 is 0. The number of hydrogen-bond acceptors (Lipinski definition) is 6. The minimum absolute atomic E-state index is 0.0260. The van der Waals surface area contributed by atoms with Crippen LogP contribution < -0.4 is 16.0 Å². The predicted octanol–water partition coefficient (Wildman–Crippen LogP) is 0.287. The summed E-state index contributed by atoms with van der Waals surface area (Å²) in [6.45, 7) is 1.36. The number of anilines is 2. The Kier molecular flexibility index (Phi) is 2.92. The van der Waals surface area contributed by atoms with E-state index in [9.17, 15) is 14.9 Å². The van der Waals surface area contributed by atoms with Gasteiger partial charge in [-0.1, -0.05) is 0 Å². The number of hydrogen-bond donors (Lipinski definition) is 2. The molecule has 0 bridgehead atoms. The Morgan fingerprint density at radius 2 is 2.30 bits per heavy atom. The van der Waals surface area contributed by atoms with Crippen molar-refractivity contribution in [3.05, 3.63) is 22.2 Å². The smallest absolute Gasteiger partial charge is 0.311 e. The van der Waals surface area contributed by atoms with Crippen LogP contribution >= 0.6 is 0 Å². The SMILES string of the molecule is Nc1nc(N2CCCC3C(=O)NCC32)ccc1[N+](=O)[O-]. The first-order chi connectivity index (χ1) is 9.58. The highest BCUT2D eigenvalue weighted by molar-refractivity contribution is 5.83. The summed E-state index contributed by atoms with van der Waals surface area (Å²) in [7, 11) is 0. The van der Waals surface area contributed by atoms with Gasteiger partial charge in [-0.05, 0) is 18.9 Å². The highest BCUT2D eigenvalue weighted by Crippen LogP contribution is 2.32. The van der Waals surface area contributed by atoms with Crippen molar-refractivity contribution in [2.24, 2.45) is 5.92 Å². The lowest BCUT2D eigenvalue weighted by Crippen LogP contribution is -2.46. The Bertz CT molecular complexity index is 576. The molecular formula is C12H15N5O3. The average Bonchev–Trinajstić information content (AvgIpc) is 2.80. The molecule has 0 spiro atoms. The largest absolute Gasteiger partial charge is 0.378 e. The lowest BCUT2D eigenvalue weighted by atomic mass is 9.91. The van der Waals surface area contributed by atoms with Gasteiger partial charge in [0.05, 0.1) is 16.9 Å². The van der Waals surface area contributed by atoms with Crippen LogP contribution in [0.2, 0.25) is 0 Å². The summed E-state index contributed by atoms with van der Waals surface area (Å²) in [6.07, 6.45) is 1.77. The van der Waals surface area contributed by atoms with E-state index in [1.165, 1.54) is 6.07 Å². The molecule has 1 amide bonds. The Hall–Kier alpha value is -2.38. The molecule has 1 aromatic heterocycles. The third-order valence-corrected chi connectivity index (χ3v) is 3.98. The maximum atomic E-state index is 11.7. The molecule has 1 aromatic rings. The topological polar surface area (TPSA) is 114 Å². The fraction of sp³-hybridized carbons (Fsp3) is 0.500. The van der Waals surface area contributed by atoms with Gasteiger partial charge in [-0.2, -0.15) is 0 Å². The first kappa shape index (κ1) is 12.6.